The Labute approximate surface area is 116 Å². The van der Waals surface area contributed by atoms with Crippen molar-refractivity contribution in [2.75, 3.05) is 6.26 Å². The summed E-state index contributed by atoms with van der Waals surface area (Å²) in [5.74, 6) is -0.531. The summed E-state index contributed by atoms with van der Waals surface area (Å²) in [6, 6.07) is 8.21. The first-order valence-corrected chi connectivity index (χ1v) is 7.70. The Morgan fingerprint density at radius 1 is 1.26 bits per heavy atom. The molecule has 1 aromatic rings. The van der Waals surface area contributed by atoms with Crippen LogP contribution in [0.15, 0.2) is 30.3 Å². The lowest BCUT2D eigenvalue weighted by Crippen LogP contribution is -2.42. The first kappa shape index (κ1) is 15.9. The van der Waals surface area contributed by atoms with Gasteiger partial charge in [0.2, 0.25) is 0 Å². The van der Waals surface area contributed by atoms with Gasteiger partial charge in [-0.1, -0.05) is 30.3 Å². The standard InChI is InChI=1S/C14H21NO3S/c1-14(2,3)18-13(16)11(15)12(19(4)17)10-8-6-5-7-9-10/h5-9,11-12H,15H2,1-4H3. The average molecular weight is 283 g/mol. The van der Waals surface area contributed by atoms with Crippen LogP contribution in [0.3, 0.4) is 0 Å². The lowest BCUT2D eigenvalue weighted by atomic mass is 10.1. The van der Waals surface area contributed by atoms with Crippen molar-refractivity contribution in [3.8, 4) is 0 Å². The molecule has 0 saturated carbocycles. The molecule has 0 aliphatic carbocycles. The van der Waals surface area contributed by atoms with Crippen LogP contribution in [0, 0.1) is 0 Å². The van der Waals surface area contributed by atoms with Crippen LogP contribution < -0.4 is 5.73 Å². The van der Waals surface area contributed by atoms with Crippen molar-refractivity contribution in [1.29, 1.82) is 0 Å². The lowest BCUT2D eigenvalue weighted by Gasteiger charge is -2.26. The van der Waals surface area contributed by atoms with E-state index in [0.29, 0.717) is 0 Å². The minimum Gasteiger partial charge on any atom is -0.459 e. The quantitative estimate of drug-likeness (QED) is 0.855. The van der Waals surface area contributed by atoms with E-state index >= 15 is 0 Å². The molecule has 2 N–H and O–H groups in total. The number of esters is 1. The number of nitrogens with two attached hydrogens (primary N) is 1. The van der Waals surface area contributed by atoms with Crippen LogP contribution in [-0.2, 0) is 20.3 Å². The highest BCUT2D eigenvalue weighted by molar-refractivity contribution is 7.84. The number of carbonyl (C=O) groups is 1. The molecule has 0 aliphatic heterocycles. The SMILES string of the molecule is CS(=O)C(c1ccccc1)C(N)C(=O)OC(C)(C)C. The Bertz CT molecular complexity index is 454. The van der Waals surface area contributed by atoms with Crippen molar-refractivity contribution in [3.05, 3.63) is 35.9 Å². The summed E-state index contributed by atoms with van der Waals surface area (Å²) in [6.07, 6.45) is 1.54. The predicted octanol–water partition coefficient (Wildman–Crippen LogP) is 1.78. The lowest BCUT2D eigenvalue weighted by molar-refractivity contribution is -0.156. The molecule has 0 spiro atoms. The number of benzene rings is 1. The molecule has 0 radical (unpaired) electrons. The van der Waals surface area contributed by atoms with Gasteiger partial charge in [0, 0.05) is 17.1 Å². The maximum absolute atomic E-state index is 12.0. The number of hydrogen-bond acceptors (Lipinski definition) is 4. The predicted molar refractivity (Wildman–Crippen MR) is 77.1 cm³/mol. The summed E-state index contributed by atoms with van der Waals surface area (Å²) in [7, 11) is -1.26. The van der Waals surface area contributed by atoms with E-state index < -0.39 is 33.7 Å². The third-order valence-electron chi connectivity index (χ3n) is 2.49. The third-order valence-corrected chi connectivity index (χ3v) is 3.77. The van der Waals surface area contributed by atoms with Gasteiger partial charge in [-0.05, 0) is 26.3 Å². The Morgan fingerprint density at radius 2 is 1.79 bits per heavy atom. The summed E-state index contributed by atoms with van der Waals surface area (Å²) < 4.78 is 17.1. The zero-order valence-corrected chi connectivity index (χ0v) is 12.6. The molecule has 0 aliphatic rings. The fraction of sp³-hybridized carbons (Fsp3) is 0.500. The van der Waals surface area contributed by atoms with Gasteiger partial charge in [0.1, 0.15) is 11.6 Å². The van der Waals surface area contributed by atoms with Crippen LogP contribution in [0.1, 0.15) is 31.6 Å². The van der Waals surface area contributed by atoms with Crippen molar-refractivity contribution in [2.24, 2.45) is 5.73 Å². The van der Waals surface area contributed by atoms with Crippen molar-refractivity contribution < 1.29 is 13.7 Å². The van der Waals surface area contributed by atoms with Gasteiger partial charge in [-0.3, -0.25) is 9.00 Å². The zero-order valence-electron chi connectivity index (χ0n) is 11.8. The van der Waals surface area contributed by atoms with Crippen LogP contribution in [0.4, 0.5) is 0 Å². The second-order valence-electron chi connectivity index (χ2n) is 5.39. The van der Waals surface area contributed by atoms with E-state index in [1.807, 2.05) is 30.3 Å². The molecule has 0 bridgehead atoms. The van der Waals surface area contributed by atoms with Gasteiger partial charge in [-0.25, -0.2) is 0 Å². The van der Waals surface area contributed by atoms with Crippen molar-refractivity contribution in [1.82, 2.24) is 0 Å². The molecule has 0 aromatic heterocycles. The molecule has 19 heavy (non-hydrogen) atoms. The van der Waals surface area contributed by atoms with Crippen LogP contribution in [0.25, 0.3) is 0 Å². The van der Waals surface area contributed by atoms with Gasteiger partial charge in [0.05, 0.1) is 5.25 Å². The molecule has 3 unspecified atom stereocenters. The number of hydrogen-bond donors (Lipinski definition) is 1. The number of ether oxygens (including phenoxy) is 1. The highest BCUT2D eigenvalue weighted by atomic mass is 32.2. The molecule has 1 aromatic carbocycles. The Kier molecular flexibility index (Phi) is 5.26. The second-order valence-corrected chi connectivity index (χ2v) is 6.89. The van der Waals surface area contributed by atoms with Gasteiger partial charge in [0.25, 0.3) is 0 Å². The van der Waals surface area contributed by atoms with E-state index in [1.165, 1.54) is 0 Å². The van der Waals surface area contributed by atoms with Crippen molar-refractivity contribution in [3.63, 3.8) is 0 Å². The highest BCUT2D eigenvalue weighted by Crippen LogP contribution is 2.23. The normalized spacial score (nSPS) is 16.5. The Morgan fingerprint density at radius 3 is 2.21 bits per heavy atom. The molecular weight excluding hydrogens is 262 g/mol. The van der Waals surface area contributed by atoms with Gasteiger partial charge in [-0.15, -0.1) is 0 Å². The van der Waals surface area contributed by atoms with E-state index in [4.69, 9.17) is 10.5 Å². The average Bonchev–Trinajstić information content (AvgIpc) is 2.27. The van der Waals surface area contributed by atoms with Crippen LogP contribution in [-0.4, -0.2) is 28.1 Å². The summed E-state index contributed by atoms with van der Waals surface area (Å²) in [4.78, 5) is 12.0. The topological polar surface area (TPSA) is 69.4 Å². The smallest absolute Gasteiger partial charge is 0.325 e. The molecular formula is C14H21NO3S. The van der Waals surface area contributed by atoms with Crippen LogP contribution >= 0.6 is 0 Å². The highest BCUT2D eigenvalue weighted by Gasteiger charge is 2.32. The molecule has 0 amide bonds. The van der Waals surface area contributed by atoms with Crippen molar-refractivity contribution >= 4 is 16.8 Å². The van der Waals surface area contributed by atoms with Crippen LogP contribution in [0.5, 0.6) is 0 Å². The third kappa shape index (κ3) is 4.76. The molecule has 5 heteroatoms. The van der Waals surface area contributed by atoms with E-state index in [9.17, 15) is 9.00 Å². The van der Waals surface area contributed by atoms with Gasteiger partial charge >= 0.3 is 5.97 Å². The molecule has 0 saturated heterocycles. The molecule has 0 heterocycles. The summed E-state index contributed by atoms with van der Waals surface area (Å²) in [5.41, 5.74) is 6.11. The maximum Gasteiger partial charge on any atom is 0.325 e. The van der Waals surface area contributed by atoms with E-state index in [1.54, 1.807) is 27.0 Å². The summed E-state index contributed by atoms with van der Waals surface area (Å²) in [6.45, 7) is 5.33. The second kappa shape index (κ2) is 6.30. The fourth-order valence-corrected chi connectivity index (χ4v) is 2.81. The van der Waals surface area contributed by atoms with Crippen molar-refractivity contribution in [2.45, 2.75) is 37.7 Å². The Hall–Kier alpha value is -1.20. The largest absolute Gasteiger partial charge is 0.459 e. The molecule has 4 nitrogen and oxygen atoms in total. The maximum atomic E-state index is 12.0. The van der Waals surface area contributed by atoms with Gasteiger partial charge in [-0.2, -0.15) is 0 Å². The number of rotatable bonds is 4. The number of carbonyl (C=O) groups excluding carboxylic acids is 1. The summed E-state index contributed by atoms with van der Waals surface area (Å²) >= 11 is 0. The van der Waals surface area contributed by atoms with Gasteiger partial charge < -0.3 is 10.5 Å². The Balaban J connectivity index is 2.95. The molecule has 3 atom stereocenters. The van der Waals surface area contributed by atoms with Gasteiger partial charge in [0.15, 0.2) is 0 Å². The monoisotopic (exact) mass is 283 g/mol. The first-order valence-electron chi connectivity index (χ1n) is 6.08. The zero-order chi connectivity index (χ0) is 14.6. The molecule has 1 rings (SSSR count). The van der Waals surface area contributed by atoms with E-state index in [-0.39, 0.29) is 0 Å². The summed E-state index contributed by atoms with van der Waals surface area (Å²) in [5, 5.41) is -0.559. The minimum atomic E-state index is -1.26. The molecule has 0 fully saturated rings. The van der Waals surface area contributed by atoms with E-state index in [0.717, 1.165) is 5.56 Å². The van der Waals surface area contributed by atoms with E-state index in [2.05, 4.69) is 0 Å². The molecule has 106 valence electrons. The fourth-order valence-electron chi connectivity index (χ4n) is 1.74. The first-order chi connectivity index (χ1) is 8.72. The van der Waals surface area contributed by atoms with Crippen LogP contribution in [0.2, 0.25) is 0 Å². The minimum absolute atomic E-state index is 0.531.